The summed E-state index contributed by atoms with van der Waals surface area (Å²) in [4.78, 5) is 22.7. The minimum atomic E-state index is -0.537. The van der Waals surface area contributed by atoms with Crippen LogP contribution in [0.15, 0.2) is 24.3 Å². The molecule has 0 aromatic heterocycles. The first-order valence-electron chi connectivity index (χ1n) is 5.45. The van der Waals surface area contributed by atoms with Gasteiger partial charge in [-0.25, -0.2) is 9.18 Å². The predicted octanol–water partition coefficient (Wildman–Crippen LogP) is 1.76. The second-order valence-corrected chi connectivity index (χ2v) is 3.40. The molecule has 1 amide bonds. The van der Waals surface area contributed by atoms with E-state index in [9.17, 15) is 14.0 Å². The fourth-order valence-corrected chi connectivity index (χ4v) is 1.36. The van der Waals surface area contributed by atoms with E-state index in [0.717, 1.165) is 6.08 Å². The van der Waals surface area contributed by atoms with Crippen LogP contribution in [0.2, 0.25) is 0 Å². The summed E-state index contributed by atoms with van der Waals surface area (Å²) in [7, 11) is 1.48. The molecule has 5 heteroatoms. The Labute approximate surface area is 104 Å². The lowest BCUT2D eigenvalue weighted by atomic mass is 10.1. The van der Waals surface area contributed by atoms with Gasteiger partial charge in [-0.3, -0.25) is 4.79 Å². The zero-order valence-corrected chi connectivity index (χ0v) is 10.2. The highest BCUT2D eigenvalue weighted by Crippen LogP contribution is 2.13. The molecule has 0 aliphatic rings. The lowest BCUT2D eigenvalue weighted by Crippen LogP contribution is -2.19. The molecule has 18 heavy (non-hydrogen) atoms. The number of benzene rings is 1. The SMILES string of the molecule is CCOC(=O)/C=C/c1cc(F)ccc1C(=O)NC. The van der Waals surface area contributed by atoms with Crippen LogP contribution in [0.4, 0.5) is 4.39 Å². The van der Waals surface area contributed by atoms with Gasteiger partial charge in [-0.15, -0.1) is 0 Å². The van der Waals surface area contributed by atoms with Gasteiger partial charge in [-0.1, -0.05) is 0 Å². The van der Waals surface area contributed by atoms with Gasteiger partial charge >= 0.3 is 5.97 Å². The lowest BCUT2D eigenvalue weighted by Gasteiger charge is -2.04. The second-order valence-electron chi connectivity index (χ2n) is 3.40. The van der Waals surface area contributed by atoms with Crippen LogP contribution in [0.5, 0.6) is 0 Å². The second kappa shape index (κ2) is 6.54. The Morgan fingerprint density at radius 3 is 2.78 bits per heavy atom. The molecule has 0 aliphatic heterocycles. The van der Waals surface area contributed by atoms with Gasteiger partial charge in [0.25, 0.3) is 5.91 Å². The number of hydrogen-bond donors (Lipinski definition) is 1. The maximum atomic E-state index is 13.1. The molecule has 0 bridgehead atoms. The standard InChI is InChI=1S/C13H14FNO3/c1-3-18-12(16)7-4-9-8-10(14)5-6-11(9)13(17)15-2/h4-8H,3H2,1-2H3,(H,15,17)/b7-4+. The topological polar surface area (TPSA) is 55.4 Å². The minimum Gasteiger partial charge on any atom is -0.463 e. The van der Waals surface area contributed by atoms with Crippen LogP contribution in [-0.4, -0.2) is 25.5 Å². The Morgan fingerprint density at radius 1 is 1.44 bits per heavy atom. The molecule has 0 spiro atoms. The van der Waals surface area contributed by atoms with Crippen molar-refractivity contribution in [1.82, 2.24) is 5.32 Å². The van der Waals surface area contributed by atoms with E-state index in [2.05, 4.69) is 5.32 Å². The van der Waals surface area contributed by atoms with Crippen molar-refractivity contribution >= 4 is 18.0 Å². The molecule has 0 saturated heterocycles. The summed E-state index contributed by atoms with van der Waals surface area (Å²) in [5.74, 6) is -1.37. The highest BCUT2D eigenvalue weighted by atomic mass is 19.1. The van der Waals surface area contributed by atoms with Crippen LogP contribution in [0, 0.1) is 5.82 Å². The Kier molecular flexibility index (Phi) is 5.05. The Morgan fingerprint density at radius 2 is 2.17 bits per heavy atom. The molecular weight excluding hydrogens is 237 g/mol. The number of amides is 1. The maximum absolute atomic E-state index is 13.1. The van der Waals surface area contributed by atoms with Gasteiger partial charge in [0.2, 0.25) is 0 Å². The summed E-state index contributed by atoms with van der Waals surface area (Å²) in [5.41, 5.74) is 0.613. The number of hydrogen-bond acceptors (Lipinski definition) is 3. The molecule has 1 N–H and O–H groups in total. The molecule has 0 saturated carbocycles. The predicted molar refractivity (Wildman–Crippen MR) is 65.5 cm³/mol. The zero-order valence-electron chi connectivity index (χ0n) is 10.2. The summed E-state index contributed by atoms with van der Waals surface area (Å²) in [6.07, 6.45) is 2.51. The number of halogens is 1. The van der Waals surface area contributed by atoms with Crippen molar-refractivity contribution in [1.29, 1.82) is 0 Å². The molecule has 0 unspecified atom stereocenters. The number of nitrogens with one attached hydrogen (secondary N) is 1. The van der Waals surface area contributed by atoms with E-state index in [0.29, 0.717) is 11.1 Å². The van der Waals surface area contributed by atoms with Crippen LogP contribution in [-0.2, 0) is 9.53 Å². The summed E-state index contributed by atoms with van der Waals surface area (Å²) < 4.78 is 17.8. The van der Waals surface area contributed by atoms with E-state index >= 15 is 0 Å². The summed E-state index contributed by atoms with van der Waals surface area (Å²) in [6, 6.07) is 3.73. The Bertz CT molecular complexity index is 483. The third kappa shape index (κ3) is 3.69. The smallest absolute Gasteiger partial charge is 0.330 e. The van der Waals surface area contributed by atoms with Gasteiger partial charge in [-0.05, 0) is 36.8 Å². The number of ether oxygens (including phenoxy) is 1. The first-order valence-corrected chi connectivity index (χ1v) is 5.45. The average Bonchev–Trinajstić information content (AvgIpc) is 2.36. The number of esters is 1. The van der Waals surface area contributed by atoms with E-state index in [-0.39, 0.29) is 12.5 Å². The Balaban J connectivity index is 3.02. The first-order chi connectivity index (χ1) is 8.58. The molecule has 0 heterocycles. The summed E-state index contributed by atoms with van der Waals surface area (Å²) >= 11 is 0. The van der Waals surface area contributed by atoms with E-state index in [1.54, 1.807) is 6.92 Å². The van der Waals surface area contributed by atoms with E-state index in [1.807, 2.05) is 0 Å². The number of rotatable bonds is 4. The highest BCUT2D eigenvalue weighted by Gasteiger charge is 2.09. The van der Waals surface area contributed by atoms with Crippen molar-refractivity contribution in [3.05, 3.63) is 41.2 Å². The fourth-order valence-electron chi connectivity index (χ4n) is 1.36. The molecule has 96 valence electrons. The molecule has 1 aromatic carbocycles. The summed E-state index contributed by atoms with van der Waals surface area (Å²) in [6.45, 7) is 1.94. The lowest BCUT2D eigenvalue weighted by molar-refractivity contribution is -0.137. The molecular formula is C13H14FNO3. The fraction of sp³-hybridized carbons (Fsp3) is 0.231. The normalized spacial score (nSPS) is 10.4. The summed E-state index contributed by atoms with van der Waals surface area (Å²) in [5, 5.41) is 2.44. The molecule has 0 aliphatic carbocycles. The molecule has 1 rings (SSSR count). The molecule has 1 aromatic rings. The van der Waals surface area contributed by atoms with Crippen molar-refractivity contribution in [2.24, 2.45) is 0 Å². The van der Waals surface area contributed by atoms with Crippen molar-refractivity contribution in [3.8, 4) is 0 Å². The quantitative estimate of drug-likeness (QED) is 0.655. The average molecular weight is 251 g/mol. The van der Waals surface area contributed by atoms with Gasteiger partial charge in [-0.2, -0.15) is 0 Å². The third-order valence-electron chi connectivity index (χ3n) is 2.17. The first kappa shape index (κ1) is 13.9. The van der Waals surface area contributed by atoms with Gasteiger partial charge in [0.05, 0.1) is 6.61 Å². The van der Waals surface area contributed by atoms with E-state index < -0.39 is 11.8 Å². The Hall–Kier alpha value is -2.17. The van der Waals surface area contributed by atoms with Crippen molar-refractivity contribution in [2.75, 3.05) is 13.7 Å². The minimum absolute atomic E-state index is 0.259. The van der Waals surface area contributed by atoms with Crippen molar-refractivity contribution < 1.29 is 18.7 Å². The molecule has 0 radical (unpaired) electrons. The van der Waals surface area contributed by atoms with Crippen molar-refractivity contribution in [2.45, 2.75) is 6.92 Å². The van der Waals surface area contributed by atoms with Crippen LogP contribution in [0.1, 0.15) is 22.8 Å². The highest BCUT2D eigenvalue weighted by molar-refractivity contribution is 5.99. The van der Waals surface area contributed by atoms with Crippen LogP contribution in [0.25, 0.3) is 6.08 Å². The molecule has 0 atom stereocenters. The number of carbonyl (C=O) groups excluding carboxylic acids is 2. The van der Waals surface area contributed by atoms with Gasteiger partial charge in [0.1, 0.15) is 5.82 Å². The van der Waals surface area contributed by atoms with Crippen LogP contribution < -0.4 is 5.32 Å². The molecule has 4 nitrogen and oxygen atoms in total. The van der Waals surface area contributed by atoms with Crippen LogP contribution in [0.3, 0.4) is 0 Å². The molecule has 0 fully saturated rings. The van der Waals surface area contributed by atoms with Crippen LogP contribution >= 0.6 is 0 Å². The van der Waals surface area contributed by atoms with Gasteiger partial charge in [0, 0.05) is 18.7 Å². The van der Waals surface area contributed by atoms with E-state index in [4.69, 9.17) is 4.74 Å². The monoisotopic (exact) mass is 251 g/mol. The zero-order chi connectivity index (χ0) is 13.5. The number of carbonyl (C=O) groups is 2. The van der Waals surface area contributed by atoms with Crippen molar-refractivity contribution in [3.63, 3.8) is 0 Å². The third-order valence-corrected chi connectivity index (χ3v) is 2.17. The van der Waals surface area contributed by atoms with E-state index in [1.165, 1.54) is 31.3 Å². The van der Waals surface area contributed by atoms with Gasteiger partial charge < -0.3 is 10.1 Å². The maximum Gasteiger partial charge on any atom is 0.330 e. The largest absolute Gasteiger partial charge is 0.463 e. The van der Waals surface area contributed by atoms with Gasteiger partial charge in [0.15, 0.2) is 0 Å².